The van der Waals surface area contributed by atoms with E-state index in [9.17, 15) is 9.59 Å². The Morgan fingerprint density at radius 3 is 2.35 bits per heavy atom. The standard InChI is InChI=1S/C12H13ClN2O2/c1-15(2)8-7-11(16)12(17)14-10-5-3-9(13)4-6-10/h3-8H,1-2H3,(H,14,17)/b8-7+. The zero-order valence-electron chi connectivity index (χ0n) is 9.61. The van der Waals surface area contributed by atoms with Gasteiger partial charge in [0.05, 0.1) is 0 Å². The van der Waals surface area contributed by atoms with Crippen LogP contribution in [0.4, 0.5) is 5.69 Å². The van der Waals surface area contributed by atoms with E-state index in [1.165, 1.54) is 12.3 Å². The highest BCUT2D eigenvalue weighted by atomic mass is 35.5. The number of nitrogens with one attached hydrogen (secondary N) is 1. The SMILES string of the molecule is CN(C)/C=C/C(=O)C(=O)Nc1ccc(Cl)cc1. The zero-order chi connectivity index (χ0) is 12.8. The number of hydrogen-bond donors (Lipinski definition) is 1. The summed E-state index contributed by atoms with van der Waals surface area (Å²) in [6, 6.07) is 6.53. The Morgan fingerprint density at radius 2 is 1.82 bits per heavy atom. The van der Waals surface area contributed by atoms with Gasteiger partial charge in [-0.05, 0) is 24.3 Å². The first kappa shape index (κ1) is 13.3. The van der Waals surface area contributed by atoms with Crippen molar-refractivity contribution in [2.45, 2.75) is 0 Å². The third-order valence-electron chi connectivity index (χ3n) is 1.85. The lowest BCUT2D eigenvalue weighted by molar-refractivity contribution is -0.132. The molecule has 5 heteroatoms. The fourth-order valence-electron chi connectivity index (χ4n) is 1.02. The van der Waals surface area contributed by atoms with Crippen LogP contribution in [0, 0.1) is 0 Å². The minimum absolute atomic E-state index is 0.533. The first-order chi connectivity index (χ1) is 7.99. The van der Waals surface area contributed by atoms with E-state index in [1.807, 2.05) is 0 Å². The minimum Gasteiger partial charge on any atom is -0.383 e. The van der Waals surface area contributed by atoms with Gasteiger partial charge in [0, 0.05) is 37.1 Å². The first-order valence-corrected chi connectivity index (χ1v) is 5.32. The Kier molecular flexibility index (Phi) is 4.72. The maximum Gasteiger partial charge on any atom is 0.296 e. The number of halogens is 1. The molecule has 90 valence electrons. The minimum atomic E-state index is -0.676. The molecule has 0 bridgehead atoms. The van der Waals surface area contributed by atoms with Crippen molar-refractivity contribution in [3.05, 3.63) is 41.6 Å². The molecule has 1 N–H and O–H groups in total. The summed E-state index contributed by atoms with van der Waals surface area (Å²) in [5, 5.41) is 3.05. The normalized spacial score (nSPS) is 10.3. The summed E-state index contributed by atoms with van der Waals surface area (Å²) in [5.74, 6) is -1.28. The molecule has 4 nitrogen and oxygen atoms in total. The van der Waals surface area contributed by atoms with Gasteiger partial charge in [-0.1, -0.05) is 11.6 Å². The molecule has 0 spiro atoms. The highest BCUT2D eigenvalue weighted by Gasteiger charge is 2.10. The van der Waals surface area contributed by atoms with Crippen molar-refractivity contribution in [1.82, 2.24) is 4.90 Å². The molecular weight excluding hydrogens is 240 g/mol. The second kappa shape index (κ2) is 6.06. The molecule has 17 heavy (non-hydrogen) atoms. The monoisotopic (exact) mass is 252 g/mol. The molecule has 0 atom stereocenters. The van der Waals surface area contributed by atoms with E-state index < -0.39 is 11.7 Å². The van der Waals surface area contributed by atoms with Gasteiger partial charge >= 0.3 is 0 Å². The largest absolute Gasteiger partial charge is 0.383 e. The average molecular weight is 253 g/mol. The van der Waals surface area contributed by atoms with Crippen LogP contribution in [0.15, 0.2) is 36.5 Å². The summed E-state index contributed by atoms with van der Waals surface area (Å²) >= 11 is 5.70. The van der Waals surface area contributed by atoms with Crippen LogP contribution in [0.25, 0.3) is 0 Å². The lowest BCUT2D eigenvalue weighted by Crippen LogP contribution is -2.21. The highest BCUT2D eigenvalue weighted by Crippen LogP contribution is 2.13. The number of carbonyl (C=O) groups is 2. The molecule has 0 aliphatic heterocycles. The van der Waals surface area contributed by atoms with E-state index >= 15 is 0 Å². The topological polar surface area (TPSA) is 49.4 Å². The molecule has 0 unspecified atom stereocenters. The number of hydrogen-bond acceptors (Lipinski definition) is 3. The number of ketones is 1. The Balaban J connectivity index is 2.60. The van der Waals surface area contributed by atoms with E-state index in [4.69, 9.17) is 11.6 Å². The van der Waals surface area contributed by atoms with Crippen molar-refractivity contribution < 1.29 is 9.59 Å². The van der Waals surface area contributed by atoms with Crippen LogP contribution in [-0.4, -0.2) is 30.7 Å². The summed E-state index contributed by atoms with van der Waals surface area (Å²) in [4.78, 5) is 24.5. The highest BCUT2D eigenvalue weighted by molar-refractivity contribution is 6.44. The maximum atomic E-state index is 11.4. The van der Waals surface area contributed by atoms with Crippen LogP contribution in [0.1, 0.15) is 0 Å². The van der Waals surface area contributed by atoms with Crippen LogP contribution in [-0.2, 0) is 9.59 Å². The van der Waals surface area contributed by atoms with Gasteiger partial charge in [-0.3, -0.25) is 9.59 Å². The van der Waals surface area contributed by atoms with Gasteiger partial charge in [0.25, 0.3) is 5.91 Å². The molecule has 1 amide bonds. The van der Waals surface area contributed by atoms with Crippen LogP contribution in [0.3, 0.4) is 0 Å². The molecule has 0 aromatic heterocycles. The Labute approximate surface area is 105 Å². The fraction of sp³-hybridized carbons (Fsp3) is 0.167. The summed E-state index contributed by atoms with van der Waals surface area (Å²) in [5.41, 5.74) is 0.533. The van der Waals surface area contributed by atoms with Gasteiger partial charge in [-0.2, -0.15) is 0 Å². The van der Waals surface area contributed by atoms with Crippen molar-refractivity contribution in [2.75, 3.05) is 19.4 Å². The predicted molar refractivity (Wildman–Crippen MR) is 67.9 cm³/mol. The lowest BCUT2D eigenvalue weighted by Gasteiger charge is -2.04. The van der Waals surface area contributed by atoms with Crippen molar-refractivity contribution in [2.24, 2.45) is 0 Å². The number of carbonyl (C=O) groups excluding carboxylic acids is 2. The number of rotatable bonds is 4. The average Bonchev–Trinajstić information content (AvgIpc) is 2.28. The molecule has 1 aromatic rings. The fourth-order valence-corrected chi connectivity index (χ4v) is 1.14. The quantitative estimate of drug-likeness (QED) is 0.658. The molecule has 0 heterocycles. The molecule has 0 aliphatic carbocycles. The molecule has 1 aromatic carbocycles. The van der Waals surface area contributed by atoms with Gasteiger partial charge in [0.1, 0.15) is 0 Å². The van der Waals surface area contributed by atoms with E-state index in [2.05, 4.69) is 5.32 Å². The third-order valence-corrected chi connectivity index (χ3v) is 2.10. The van der Waals surface area contributed by atoms with Crippen LogP contribution >= 0.6 is 11.6 Å². The number of amides is 1. The van der Waals surface area contributed by atoms with E-state index in [1.54, 1.807) is 43.3 Å². The number of anilines is 1. The summed E-state index contributed by atoms with van der Waals surface area (Å²) in [6.45, 7) is 0. The smallest absolute Gasteiger partial charge is 0.296 e. The van der Waals surface area contributed by atoms with Crippen molar-refractivity contribution in [3.8, 4) is 0 Å². The Morgan fingerprint density at radius 1 is 1.24 bits per heavy atom. The summed E-state index contributed by atoms with van der Waals surface area (Å²) in [6.07, 6.45) is 2.73. The second-order valence-electron chi connectivity index (χ2n) is 3.60. The number of benzene rings is 1. The van der Waals surface area contributed by atoms with E-state index in [0.29, 0.717) is 10.7 Å². The predicted octanol–water partition coefficient (Wildman–Crippen LogP) is 1.92. The maximum absolute atomic E-state index is 11.4. The van der Waals surface area contributed by atoms with E-state index in [0.717, 1.165) is 0 Å². The zero-order valence-corrected chi connectivity index (χ0v) is 10.4. The second-order valence-corrected chi connectivity index (χ2v) is 4.04. The van der Waals surface area contributed by atoms with Crippen molar-refractivity contribution in [1.29, 1.82) is 0 Å². The summed E-state index contributed by atoms with van der Waals surface area (Å²) in [7, 11) is 3.53. The molecular formula is C12H13ClN2O2. The number of nitrogens with zero attached hydrogens (tertiary/aromatic N) is 1. The van der Waals surface area contributed by atoms with Crippen molar-refractivity contribution >= 4 is 29.0 Å². The van der Waals surface area contributed by atoms with Gasteiger partial charge in [0.2, 0.25) is 5.78 Å². The molecule has 0 aliphatic rings. The molecule has 1 rings (SSSR count). The summed E-state index contributed by atoms with van der Waals surface area (Å²) < 4.78 is 0. The lowest BCUT2D eigenvalue weighted by atomic mass is 10.3. The molecule has 0 saturated carbocycles. The van der Waals surface area contributed by atoms with Gasteiger partial charge < -0.3 is 10.2 Å². The van der Waals surface area contributed by atoms with Gasteiger partial charge in [0.15, 0.2) is 0 Å². The Hall–Kier alpha value is -1.81. The molecule has 0 radical (unpaired) electrons. The Bertz CT molecular complexity index is 438. The molecule has 0 fully saturated rings. The molecule has 0 saturated heterocycles. The van der Waals surface area contributed by atoms with Crippen LogP contribution in [0.5, 0.6) is 0 Å². The van der Waals surface area contributed by atoms with E-state index in [-0.39, 0.29) is 0 Å². The van der Waals surface area contributed by atoms with Gasteiger partial charge in [-0.15, -0.1) is 0 Å². The van der Waals surface area contributed by atoms with Gasteiger partial charge in [-0.25, -0.2) is 0 Å². The van der Waals surface area contributed by atoms with Crippen LogP contribution in [0.2, 0.25) is 5.02 Å². The van der Waals surface area contributed by atoms with Crippen molar-refractivity contribution in [3.63, 3.8) is 0 Å². The third kappa shape index (κ3) is 4.70. The van der Waals surface area contributed by atoms with Crippen LogP contribution < -0.4 is 5.32 Å². The first-order valence-electron chi connectivity index (χ1n) is 4.94.